The van der Waals surface area contributed by atoms with E-state index in [-0.39, 0.29) is 0 Å². The van der Waals surface area contributed by atoms with Crippen molar-refractivity contribution in [3.05, 3.63) is 0 Å². The molecule has 0 aliphatic heterocycles. The van der Waals surface area contributed by atoms with Crippen LogP contribution in [0.5, 0.6) is 0 Å². The lowest BCUT2D eigenvalue weighted by Crippen LogP contribution is -2.48. The van der Waals surface area contributed by atoms with Crippen LogP contribution in [0.2, 0.25) is 0 Å². The highest BCUT2D eigenvalue weighted by Crippen LogP contribution is 2.09. The van der Waals surface area contributed by atoms with Crippen molar-refractivity contribution >= 4 is 12.1 Å². The molecular formula is C14H30N4O2. The molecular weight excluding hydrogens is 256 g/mol. The molecule has 1 amide bonds. The van der Waals surface area contributed by atoms with E-state index >= 15 is 0 Å². The predicted molar refractivity (Wildman–Crippen MR) is 83.1 cm³/mol. The SMILES string of the molecule is CCNC(=NCC(C)(C)NC(=O)OC(C)(C)C)N(C)C. The smallest absolute Gasteiger partial charge is 0.408 e. The van der Waals surface area contributed by atoms with Crippen molar-refractivity contribution < 1.29 is 9.53 Å². The summed E-state index contributed by atoms with van der Waals surface area (Å²) in [5, 5.41) is 6.01. The summed E-state index contributed by atoms with van der Waals surface area (Å²) in [7, 11) is 3.85. The van der Waals surface area contributed by atoms with E-state index in [9.17, 15) is 4.79 Å². The summed E-state index contributed by atoms with van der Waals surface area (Å²) in [6.07, 6.45) is -0.424. The Balaban J connectivity index is 4.58. The fraction of sp³-hybridized carbons (Fsp3) is 0.857. The van der Waals surface area contributed by atoms with Gasteiger partial charge in [-0.3, -0.25) is 4.99 Å². The van der Waals surface area contributed by atoms with E-state index in [2.05, 4.69) is 15.6 Å². The molecule has 0 saturated carbocycles. The Labute approximate surface area is 123 Å². The summed E-state index contributed by atoms with van der Waals surface area (Å²) in [5.41, 5.74) is -0.971. The maximum Gasteiger partial charge on any atom is 0.408 e. The first kappa shape index (κ1) is 18.5. The molecule has 6 nitrogen and oxygen atoms in total. The Morgan fingerprint density at radius 1 is 1.20 bits per heavy atom. The number of hydrogen-bond donors (Lipinski definition) is 2. The van der Waals surface area contributed by atoms with Crippen LogP contribution in [-0.4, -0.2) is 55.3 Å². The number of amides is 1. The van der Waals surface area contributed by atoms with Gasteiger partial charge in [0.05, 0.1) is 12.1 Å². The van der Waals surface area contributed by atoms with Crippen molar-refractivity contribution in [3.8, 4) is 0 Å². The van der Waals surface area contributed by atoms with Crippen molar-refractivity contribution in [1.82, 2.24) is 15.5 Å². The monoisotopic (exact) mass is 286 g/mol. The van der Waals surface area contributed by atoms with Gasteiger partial charge in [-0.15, -0.1) is 0 Å². The average molecular weight is 286 g/mol. The number of nitrogens with one attached hydrogen (secondary N) is 2. The van der Waals surface area contributed by atoms with Crippen molar-refractivity contribution in [2.45, 2.75) is 52.7 Å². The van der Waals surface area contributed by atoms with Gasteiger partial charge in [0, 0.05) is 20.6 Å². The lowest BCUT2D eigenvalue weighted by atomic mass is 10.1. The van der Waals surface area contributed by atoms with E-state index in [0.717, 1.165) is 12.5 Å². The lowest BCUT2D eigenvalue weighted by Gasteiger charge is -2.28. The molecule has 118 valence electrons. The fourth-order valence-corrected chi connectivity index (χ4v) is 1.41. The first-order chi connectivity index (χ1) is 8.97. The second-order valence-corrected chi connectivity index (χ2v) is 6.58. The number of carbonyl (C=O) groups is 1. The second-order valence-electron chi connectivity index (χ2n) is 6.58. The zero-order valence-electron chi connectivity index (χ0n) is 14.1. The second kappa shape index (κ2) is 7.36. The Hall–Kier alpha value is -1.46. The van der Waals surface area contributed by atoms with Gasteiger partial charge < -0.3 is 20.3 Å². The van der Waals surface area contributed by atoms with Gasteiger partial charge in [-0.1, -0.05) is 0 Å². The van der Waals surface area contributed by atoms with E-state index in [0.29, 0.717) is 6.54 Å². The maximum absolute atomic E-state index is 11.8. The molecule has 6 heteroatoms. The summed E-state index contributed by atoms with van der Waals surface area (Å²) >= 11 is 0. The van der Waals surface area contributed by atoms with Gasteiger partial charge in [0.1, 0.15) is 5.60 Å². The van der Waals surface area contributed by atoms with Crippen molar-refractivity contribution in [2.24, 2.45) is 4.99 Å². The van der Waals surface area contributed by atoms with Gasteiger partial charge in [0.2, 0.25) is 0 Å². The van der Waals surface area contributed by atoms with Gasteiger partial charge in [-0.05, 0) is 41.5 Å². The van der Waals surface area contributed by atoms with E-state index in [4.69, 9.17) is 4.74 Å². The largest absolute Gasteiger partial charge is 0.444 e. The van der Waals surface area contributed by atoms with Crippen LogP contribution >= 0.6 is 0 Å². The predicted octanol–water partition coefficient (Wildman–Crippen LogP) is 1.82. The molecule has 0 aliphatic carbocycles. The van der Waals surface area contributed by atoms with Crippen LogP contribution in [-0.2, 0) is 4.74 Å². The summed E-state index contributed by atoms with van der Waals surface area (Å²) in [6, 6.07) is 0. The highest BCUT2D eigenvalue weighted by molar-refractivity contribution is 5.79. The summed E-state index contributed by atoms with van der Waals surface area (Å²) in [4.78, 5) is 18.2. The molecule has 20 heavy (non-hydrogen) atoms. The highest BCUT2D eigenvalue weighted by atomic mass is 16.6. The summed E-state index contributed by atoms with van der Waals surface area (Å²) in [6.45, 7) is 12.6. The number of alkyl carbamates (subject to hydrolysis) is 1. The van der Waals surface area contributed by atoms with Crippen LogP contribution in [0.3, 0.4) is 0 Å². The zero-order valence-corrected chi connectivity index (χ0v) is 14.1. The first-order valence-electron chi connectivity index (χ1n) is 6.93. The molecule has 0 aromatic carbocycles. The van der Waals surface area contributed by atoms with Crippen LogP contribution in [0, 0.1) is 0 Å². The normalized spacial score (nSPS) is 12.9. The third-order valence-electron chi connectivity index (χ3n) is 2.22. The fourth-order valence-electron chi connectivity index (χ4n) is 1.41. The molecule has 0 bridgehead atoms. The molecule has 0 aromatic rings. The van der Waals surface area contributed by atoms with E-state index in [1.165, 1.54) is 0 Å². The van der Waals surface area contributed by atoms with Gasteiger partial charge >= 0.3 is 6.09 Å². The molecule has 0 spiro atoms. The Morgan fingerprint density at radius 2 is 1.75 bits per heavy atom. The number of hydrogen-bond acceptors (Lipinski definition) is 3. The molecule has 0 radical (unpaired) electrons. The third-order valence-corrected chi connectivity index (χ3v) is 2.22. The van der Waals surface area contributed by atoms with E-state index < -0.39 is 17.2 Å². The van der Waals surface area contributed by atoms with Crippen LogP contribution < -0.4 is 10.6 Å². The van der Waals surface area contributed by atoms with E-state index in [1.807, 2.05) is 60.5 Å². The summed E-state index contributed by atoms with van der Waals surface area (Å²) < 4.78 is 5.25. The van der Waals surface area contributed by atoms with Crippen LogP contribution in [0.25, 0.3) is 0 Å². The van der Waals surface area contributed by atoms with Gasteiger partial charge in [-0.25, -0.2) is 4.79 Å². The minimum absolute atomic E-state index is 0.424. The molecule has 0 heterocycles. The topological polar surface area (TPSA) is 66.0 Å². The Kier molecular flexibility index (Phi) is 6.82. The minimum Gasteiger partial charge on any atom is -0.444 e. The number of rotatable bonds is 4. The molecule has 0 fully saturated rings. The molecule has 0 unspecified atom stereocenters. The van der Waals surface area contributed by atoms with Crippen LogP contribution in [0.4, 0.5) is 4.79 Å². The van der Waals surface area contributed by atoms with E-state index in [1.54, 1.807) is 0 Å². The number of nitrogens with zero attached hydrogens (tertiary/aromatic N) is 2. The van der Waals surface area contributed by atoms with Crippen LogP contribution in [0.15, 0.2) is 4.99 Å². The Bertz CT molecular complexity index is 344. The van der Waals surface area contributed by atoms with Crippen molar-refractivity contribution in [2.75, 3.05) is 27.2 Å². The number of aliphatic imine (C=N–C) groups is 1. The number of guanidine groups is 1. The Morgan fingerprint density at radius 3 is 2.15 bits per heavy atom. The zero-order chi connectivity index (χ0) is 16.0. The standard InChI is InChI=1S/C14H30N4O2/c1-9-15-11(18(7)8)16-10-14(5,6)17-12(19)20-13(2,3)4/h9-10H2,1-8H3,(H,15,16)(H,17,19). The highest BCUT2D eigenvalue weighted by Gasteiger charge is 2.24. The minimum atomic E-state index is -0.498. The molecule has 0 aliphatic rings. The van der Waals surface area contributed by atoms with Gasteiger partial charge in [-0.2, -0.15) is 0 Å². The van der Waals surface area contributed by atoms with Crippen LogP contribution in [0.1, 0.15) is 41.5 Å². The summed E-state index contributed by atoms with van der Waals surface area (Å²) in [5.74, 6) is 0.798. The number of ether oxygens (including phenoxy) is 1. The first-order valence-corrected chi connectivity index (χ1v) is 6.93. The van der Waals surface area contributed by atoms with Crippen molar-refractivity contribution in [1.29, 1.82) is 0 Å². The maximum atomic E-state index is 11.8. The molecule has 0 atom stereocenters. The van der Waals surface area contributed by atoms with Crippen molar-refractivity contribution in [3.63, 3.8) is 0 Å². The quantitative estimate of drug-likeness (QED) is 0.611. The number of carbonyl (C=O) groups excluding carboxylic acids is 1. The molecule has 0 saturated heterocycles. The van der Waals surface area contributed by atoms with Gasteiger partial charge in [0.25, 0.3) is 0 Å². The average Bonchev–Trinajstić information content (AvgIpc) is 2.19. The van der Waals surface area contributed by atoms with Gasteiger partial charge in [0.15, 0.2) is 5.96 Å². The lowest BCUT2D eigenvalue weighted by molar-refractivity contribution is 0.0476. The molecule has 2 N–H and O–H groups in total. The third kappa shape index (κ3) is 8.61. The molecule has 0 aromatic heterocycles. The molecule has 0 rings (SSSR count).